The molecule has 15 heavy (non-hydrogen) atoms. The monoisotopic (exact) mass is 257 g/mol. The fourth-order valence-electron chi connectivity index (χ4n) is 1.90. The van der Waals surface area contributed by atoms with E-state index in [1.807, 2.05) is 11.3 Å². The molecule has 2 aliphatic rings. The second-order valence-corrected chi connectivity index (χ2v) is 7.88. The Morgan fingerprint density at radius 3 is 2.80 bits per heavy atom. The highest BCUT2D eigenvalue weighted by molar-refractivity contribution is 8.06. The first-order valence-electron chi connectivity index (χ1n) is 5.53. The molecule has 0 radical (unpaired) electrons. The molecule has 2 heterocycles. The fraction of sp³-hybridized carbons (Fsp3) is 0.727. The fourth-order valence-corrected chi connectivity index (χ4v) is 5.98. The topological polar surface area (TPSA) is 12.9 Å². The SMILES string of the molecule is CC1SCCSC1c1nc(C2CC2)cs1. The predicted molar refractivity (Wildman–Crippen MR) is 71.2 cm³/mol. The Bertz CT molecular complexity index is 345. The molecule has 0 aromatic carbocycles. The number of aromatic nitrogens is 1. The van der Waals surface area contributed by atoms with Crippen molar-refractivity contribution in [2.45, 2.75) is 36.2 Å². The maximum Gasteiger partial charge on any atom is 0.107 e. The van der Waals surface area contributed by atoms with Gasteiger partial charge in [0, 0.05) is 28.1 Å². The van der Waals surface area contributed by atoms with Crippen molar-refractivity contribution in [1.82, 2.24) is 4.98 Å². The molecule has 1 aromatic rings. The van der Waals surface area contributed by atoms with Crippen molar-refractivity contribution < 1.29 is 0 Å². The molecule has 2 atom stereocenters. The summed E-state index contributed by atoms with van der Waals surface area (Å²) in [6.45, 7) is 2.35. The smallest absolute Gasteiger partial charge is 0.107 e. The molecule has 0 spiro atoms. The highest BCUT2D eigenvalue weighted by Crippen LogP contribution is 2.46. The average Bonchev–Trinajstić information content (AvgIpc) is 2.99. The Kier molecular flexibility index (Phi) is 3.01. The van der Waals surface area contributed by atoms with E-state index in [1.54, 1.807) is 0 Å². The van der Waals surface area contributed by atoms with Crippen LogP contribution in [0.25, 0.3) is 0 Å². The molecule has 1 aliphatic carbocycles. The summed E-state index contributed by atoms with van der Waals surface area (Å²) >= 11 is 6.08. The van der Waals surface area contributed by atoms with Gasteiger partial charge in [0.05, 0.1) is 10.9 Å². The van der Waals surface area contributed by atoms with Gasteiger partial charge in [0.25, 0.3) is 0 Å². The van der Waals surface area contributed by atoms with E-state index in [4.69, 9.17) is 4.98 Å². The lowest BCUT2D eigenvalue weighted by Gasteiger charge is -2.25. The molecular formula is C11H15NS3. The Morgan fingerprint density at radius 2 is 2.07 bits per heavy atom. The van der Waals surface area contributed by atoms with Crippen molar-refractivity contribution in [3.05, 3.63) is 16.1 Å². The lowest BCUT2D eigenvalue weighted by Crippen LogP contribution is -2.15. The van der Waals surface area contributed by atoms with Gasteiger partial charge in [-0.2, -0.15) is 11.8 Å². The van der Waals surface area contributed by atoms with Crippen LogP contribution in [-0.4, -0.2) is 21.7 Å². The lowest BCUT2D eigenvalue weighted by molar-refractivity contribution is 0.880. The van der Waals surface area contributed by atoms with Gasteiger partial charge < -0.3 is 0 Å². The number of thiazole rings is 1. The third-order valence-corrected chi connectivity index (χ3v) is 7.16. The van der Waals surface area contributed by atoms with E-state index in [9.17, 15) is 0 Å². The van der Waals surface area contributed by atoms with E-state index in [-0.39, 0.29) is 0 Å². The van der Waals surface area contributed by atoms with Gasteiger partial charge in [0.15, 0.2) is 0 Å². The molecule has 1 aromatic heterocycles. The molecule has 1 saturated carbocycles. The summed E-state index contributed by atoms with van der Waals surface area (Å²) in [5.41, 5.74) is 1.37. The Balaban J connectivity index is 1.78. The second-order valence-electron chi connectivity index (χ2n) is 4.25. The summed E-state index contributed by atoms with van der Waals surface area (Å²) < 4.78 is 0. The van der Waals surface area contributed by atoms with E-state index >= 15 is 0 Å². The molecule has 82 valence electrons. The molecule has 1 nitrogen and oxygen atoms in total. The summed E-state index contributed by atoms with van der Waals surface area (Å²) in [5.74, 6) is 3.41. The van der Waals surface area contributed by atoms with Crippen LogP contribution in [0.3, 0.4) is 0 Å². The molecule has 2 fully saturated rings. The molecule has 4 heteroatoms. The van der Waals surface area contributed by atoms with Crippen LogP contribution in [0.5, 0.6) is 0 Å². The largest absolute Gasteiger partial charge is 0.245 e. The quantitative estimate of drug-likeness (QED) is 0.797. The normalized spacial score (nSPS) is 31.8. The highest BCUT2D eigenvalue weighted by atomic mass is 32.2. The van der Waals surface area contributed by atoms with Crippen LogP contribution in [-0.2, 0) is 0 Å². The van der Waals surface area contributed by atoms with E-state index in [2.05, 4.69) is 35.8 Å². The standard InChI is InChI=1S/C11H15NS3/c1-7-10(14-5-4-13-7)11-12-9(6-15-11)8-2-3-8/h6-8,10H,2-5H2,1H3. The predicted octanol–water partition coefficient (Wildman–Crippen LogP) is 3.93. The molecule has 0 amide bonds. The Hall–Kier alpha value is 0.330. The third kappa shape index (κ3) is 2.22. The van der Waals surface area contributed by atoms with Crippen molar-refractivity contribution in [2.75, 3.05) is 11.5 Å². The van der Waals surface area contributed by atoms with Gasteiger partial charge in [-0.1, -0.05) is 6.92 Å². The van der Waals surface area contributed by atoms with E-state index in [1.165, 1.54) is 35.0 Å². The molecule has 1 saturated heterocycles. The van der Waals surface area contributed by atoms with Gasteiger partial charge in [-0.05, 0) is 12.8 Å². The minimum Gasteiger partial charge on any atom is -0.245 e. The first-order valence-corrected chi connectivity index (χ1v) is 8.51. The first-order chi connectivity index (χ1) is 7.34. The minimum atomic E-state index is 0.654. The summed E-state index contributed by atoms with van der Waals surface area (Å²) in [6.07, 6.45) is 2.73. The van der Waals surface area contributed by atoms with Crippen LogP contribution in [0.1, 0.15) is 41.6 Å². The van der Waals surface area contributed by atoms with Crippen molar-refractivity contribution in [1.29, 1.82) is 0 Å². The number of hydrogen-bond acceptors (Lipinski definition) is 4. The van der Waals surface area contributed by atoms with Gasteiger partial charge >= 0.3 is 0 Å². The van der Waals surface area contributed by atoms with Crippen molar-refractivity contribution in [3.63, 3.8) is 0 Å². The van der Waals surface area contributed by atoms with Crippen molar-refractivity contribution in [2.24, 2.45) is 0 Å². The zero-order valence-electron chi connectivity index (χ0n) is 8.81. The van der Waals surface area contributed by atoms with Gasteiger partial charge in [-0.25, -0.2) is 4.98 Å². The molecular weight excluding hydrogens is 242 g/mol. The molecule has 1 aliphatic heterocycles. The number of hydrogen-bond donors (Lipinski definition) is 0. The zero-order valence-corrected chi connectivity index (χ0v) is 11.3. The second kappa shape index (κ2) is 4.30. The highest BCUT2D eigenvalue weighted by Gasteiger charge is 2.30. The van der Waals surface area contributed by atoms with Crippen LogP contribution in [0.2, 0.25) is 0 Å². The molecule has 2 unspecified atom stereocenters. The van der Waals surface area contributed by atoms with Crippen LogP contribution in [0.4, 0.5) is 0 Å². The molecule has 3 rings (SSSR count). The van der Waals surface area contributed by atoms with Crippen LogP contribution in [0, 0.1) is 0 Å². The zero-order chi connectivity index (χ0) is 10.3. The van der Waals surface area contributed by atoms with Crippen LogP contribution in [0.15, 0.2) is 5.38 Å². The van der Waals surface area contributed by atoms with Crippen LogP contribution < -0.4 is 0 Å². The van der Waals surface area contributed by atoms with Gasteiger partial charge in [-0.15, -0.1) is 23.1 Å². The molecule has 0 bridgehead atoms. The Labute approximate surface area is 103 Å². The van der Waals surface area contributed by atoms with E-state index in [0.29, 0.717) is 5.25 Å². The Morgan fingerprint density at radius 1 is 1.27 bits per heavy atom. The summed E-state index contributed by atoms with van der Waals surface area (Å²) in [7, 11) is 0. The third-order valence-electron chi connectivity index (χ3n) is 2.97. The van der Waals surface area contributed by atoms with Gasteiger partial charge in [0.1, 0.15) is 5.01 Å². The maximum absolute atomic E-state index is 4.83. The number of nitrogens with zero attached hydrogens (tertiary/aromatic N) is 1. The minimum absolute atomic E-state index is 0.654. The maximum atomic E-state index is 4.83. The van der Waals surface area contributed by atoms with E-state index < -0.39 is 0 Å². The van der Waals surface area contributed by atoms with Crippen molar-refractivity contribution >= 4 is 34.9 Å². The van der Waals surface area contributed by atoms with Gasteiger partial charge in [0.2, 0.25) is 0 Å². The summed E-state index contributed by atoms with van der Waals surface area (Å²) in [6, 6.07) is 0. The lowest BCUT2D eigenvalue weighted by atomic mass is 10.3. The average molecular weight is 257 g/mol. The van der Waals surface area contributed by atoms with Crippen molar-refractivity contribution in [3.8, 4) is 0 Å². The van der Waals surface area contributed by atoms with Crippen LogP contribution >= 0.6 is 34.9 Å². The summed E-state index contributed by atoms with van der Waals surface area (Å²) in [5, 5.41) is 5.06. The first kappa shape index (κ1) is 10.5. The number of thioether (sulfide) groups is 2. The van der Waals surface area contributed by atoms with Gasteiger partial charge in [-0.3, -0.25) is 0 Å². The summed E-state index contributed by atoms with van der Waals surface area (Å²) in [4.78, 5) is 4.83. The number of rotatable bonds is 2. The molecule has 0 N–H and O–H groups in total. The van der Waals surface area contributed by atoms with E-state index in [0.717, 1.165) is 11.2 Å².